The topological polar surface area (TPSA) is 41.6 Å². The molecular formula is C19H16FN3. The lowest BCUT2D eigenvalue weighted by Crippen LogP contribution is -1.92. The fourth-order valence-electron chi connectivity index (χ4n) is 2.26. The van der Waals surface area contributed by atoms with E-state index >= 15 is 0 Å². The normalized spacial score (nSPS) is 10.1. The first-order valence-corrected chi connectivity index (χ1v) is 7.48. The van der Waals surface area contributed by atoms with E-state index in [0.29, 0.717) is 18.4 Å². The van der Waals surface area contributed by atoms with Crippen molar-refractivity contribution < 1.29 is 4.39 Å². The molecule has 3 nitrogen and oxygen atoms in total. The van der Waals surface area contributed by atoms with Crippen molar-refractivity contribution in [1.82, 2.24) is 15.2 Å². The summed E-state index contributed by atoms with van der Waals surface area (Å²) in [4.78, 5) is 4.15. The molecule has 0 spiro atoms. The van der Waals surface area contributed by atoms with E-state index in [0.717, 1.165) is 23.5 Å². The number of pyridine rings is 1. The number of benzene rings is 1. The summed E-state index contributed by atoms with van der Waals surface area (Å²) < 4.78 is 13.6. The number of rotatable bonds is 4. The van der Waals surface area contributed by atoms with Gasteiger partial charge in [-0.15, -0.1) is 0 Å². The molecule has 0 aliphatic rings. The van der Waals surface area contributed by atoms with E-state index in [2.05, 4.69) is 27.0 Å². The summed E-state index contributed by atoms with van der Waals surface area (Å²) >= 11 is 0. The van der Waals surface area contributed by atoms with Gasteiger partial charge in [-0.2, -0.15) is 5.10 Å². The third-order valence-corrected chi connectivity index (χ3v) is 3.41. The molecule has 0 radical (unpaired) electrons. The Morgan fingerprint density at radius 1 is 1.09 bits per heavy atom. The Morgan fingerprint density at radius 2 is 1.96 bits per heavy atom. The SMILES string of the molecule is Fc1ccccc1Cc1cc(CCC#Cc2ccccn2)n[nH]1. The Kier molecular flexibility index (Phi) is 4.80. The number of nitrogens with zero attached hydrogens (tertiary/aromatic N) is 2. The van der Waals surface area contributed by atoms with Crippen LogP contribution >= 0.6 is 0 Å². The van der Waals surface area contributed by atoms with E-state index in [9.17, 15) is 4.39 Å². The van der Waals surface area contributed by atoms with Gasteiger partial charge in [-0.05, 0) is 35.7 Å². The summed E-state index contributed by atoms with van der Waals surface area (Å²) in [6.45, 7) is 0. The number of aromatic amines is 1. The zero-order valence-corrected chi connectivity index (χ0v) is 12.6. The van der Waals surface area contributed by atoms with Crippen LogP contribution in [-0.4, -0.2) is 15.2 Å². The van der Waals surface area contributed by atoms with Crippen LogP contribution in [-0.2, 0) is 12.8 Å². The molecule has 3 rings (SSSR count). The quantitative estimate of drug-likeness (QED) is 0.749. The van der Waals surface area contributed by atoms with Crippen molar-refractivity contribution in [1.29, 1.82) is 0 Å². The summed E-state index contributed by atoms with van der Waals surface area (Å²) in [5, 5.41) is 7.22. The molecule has 0 aliphatic carbocycles. The van der Waals surface area contributed by atoms with Gasteiger partial charge in [-0.25, -0.2) is 9.37 Å². The Labute approximate surface area is 134 Å². The molecule has 0 amide bonds. The first-order valence-electron chi connectivity index (χ1n) is 7.48. The lowest BCUT2D eigenvalue weighted by molar-refractivity contribution is 0.613. The summed E-state index contributed by atoms with van der Waals surface area (Å²) in [5.74, 6) is 5.92. The molecule has 114 valence electrons. The summed E-state index contributed by atoms with van der Waals surface area (Å²) in [7, 11) is 0. The van der Waals surface area contributed by atoms with Crippen LogP contribution in [0.25, 0.3) is 0 Å². The minimum atomic E-state index is -0.190. The second kappa shape index (κ2) is 7.37. The second-order valence-electron chi connectivity index (χ2n) is 5.17. The fourth-order valence-corrected chi connectivity index (χ4v) is 2.26. The van der Waals surface area contributed by atoms with Crippen LogP contribution in [0.1, 0.15) is 29.1 Å². The number of hydrogen-bond donors (Lipinski definition) is 1. The Morgan fingerprint density at radius 3 is 2.78 bits per heavy atom. The van der Waals surface area contributed by atoms with Gasteiger partial charge in [0.15, 0.2) is 0 Å². The molecule has 3 aromatic rings. The second-order valence-corrected chi connectivity index (χ2v) is 5.17. The van der Waals surface area contributed by atoms with E-state index in [1.807, 2.05) is 30.3 Å². The van der Waals surface area contributed by atoms with E-state index in [-0.39, 0.29) is 5.82 Å². The van der Waals surface area contributed by atoms with Crippen LogP contribution in [0.3, 0.4) is 0 Å². The van der Waals surface area contributed by atoms with Gasteiger partial charge in [0.2, 0.25) is 0 Å². The molecule has 2 heterocycles. The van der Waals surface area contributed by atoms with Gasteiger partial charge in [0.1, 0.15) is 11.5 Å². The van der Waals surface area contributed by atoms with Gasteiger partial charge >= 0.3 is 0 Å². The van der Waals surface area contributed by atoms with E-state index < -0.39 is 0 Å². The van der Waals surface area contributed by atoms with Crippen LogP contribution in [0.4, 0.5) is 4.39 Å². The van der Waals surface area contributed by atoms with Crippen LogP contribution in [0, 0.1) is 17.7 Å². The maximum atomic E-state index is 13.6. The predicted molar refractivity (Wildman–Crippen MR) is 87.2 cm³/mol. The summed E-state index contributed by atoms with van der Waals surface area (Å²) in [5.41, 5.74) is 3.28. The molecule has 2 aromatic heterocycles. The third kappa shape index (κ3) is 4.27. The predicted octanol–water partition coefficient (Wildman–Crippen LogP) is 3.52. The Bertz CT molecular complexity index is 828. The van der Waals surface area contributed by atoms with Gasteiger partial charge in [0.25, 0.3) is 0 Å². The molecule has 0 atom stereocenters. The Hall–Kier alpha value is -2.93. The molecule has 0 saturated carbocycles. The number of halogens is 1. The van der Waals surface area contributed by atoms with Gasteiger partial charge in [-0.3, -0.25) is 5.10 Å². The van der Waals surface area contributed by atoms with Crippen LogP contribution in [0.15, 0.2) is 54.7 Å². The molecular weight excluding hydrogens is 289 g/mol. The van der Waals surface area contributed by atoms with Crippen LogP contribution in [0.5, 0.6) is 0 Å². The number of aromatic nitrogens is 3. The van der Waals surface area contributed by atoms with Crippen molar-refractivity contribution in [3.05, 3.63) is 83.2 Å². The van der Waals surface area contributed by atoms with Crippen molar-refractivity contribution in [3.63, 3.8) is 0 Å². The molecule has 0 saturated heterocycles. The number of aryl methyl sites for hydroxylation is 1. The fraction of sp³-hybridized carbons (Fsp3) is 0.158. The highest BCUT2D eigenvalue weighted by Gasteiger charge is 2.05. The number of hydrogen-bond acceptors (Lipinski definition) is 2. The molecule has 4 heteroatoms. The van der Waals surface area contributed by atoms with E-state index in [4.69, 9.17) is 0 Å². The molecule has 0 fully saturated rings. The average molecular weight is 305 g/mol. The first kappa shape index (κ1) is 15.0. The molecule has 0 unspecified atom stereocenters. The van der Waals surface area contributed by atoms with Crippen LogP contribution in [0.2, 0.25) is 0 Å². The van der Waals surface area contributed by atoms with Crippen molar-refractivity contribution in [2.45, 2.75) is 19.3 Å². The summed E-state index contributed by atoms with van der Waals surface area (Å²) in [6.07, 6.45) is 3.71. The smallest absolute Gasteiger partial charge is 0.126 e. The minimum Gasteiger partial charge on any atom is -0.282 e. The largest absolute Gasteiger partial charge is 0.282 e. The van der Waals surface area contributed by atoms with Crippen molar-refractivity contribution in [2.75, 3.05) is 0 Å². The highest BCUT2D eigenvalue weighted by atomic mass is 19.1. The number of nitrogens with one attached hydrogen (secondary N) is 1. The van der Waals surface area contributed by atoms with Gasteiger partial charge in [0, 0.05) is 31.2 Å². The number of H-pyrrole nitrogens is 1. The lowest BCUT2D eigenvalue weighted by atomic mass is 10.1. The van der Waals surface area contributed by atoms with Crippen molar-refractivity contribution in [3.8, 4) is 11.8 Å². The molecule has 1 aromatic carbocycles. The zero-order chi connectivity index (χ0) is 15.9. The average Bonchev–Trinajstić information content (AvgIpc) is 3.02. The van der Waals surface area contributed by atoms with Crippen molar-refractivity contribution >= 4 is 0 Å². The lowest BCUT2D eigenvalue weighted by Gasteiger charge is -1.99. The standard InChI is InChI=1S/C19H16FN3/c20-19-11-4-1-7-15(19)13-18-14-17(22-23-18)10-3-2-8-16-9-5-6-12-21-16/h1,4-7,9,11-12,14H,3,10,13H2,(H,22,23). The van der Waals surface area contributed by atoms with Crippen molar-refractivity contribution in [2.24, 2.45) is 0 Å². The highest BCUT2D eigenvalue weighted by Crippen LogP contribution is 2.12. The van der Waals surface area contributed by atoms with Gasteiger partial charge in [-0.1, -0.05) is 30.2 Å². The molecule has 0 bridgehead atoms. The third-order valence-electron chi connectivity index (χ3n) is 3.41. The monoisotopic (exact) mass is 305 g/mol. The molecule has 0 aliphatic heterocycles. The summed E-state index contributed by atoms with van der Waals surface area (Å²) in [6, 6.07) is 14.4. The molecule has 23 heavy (non-hydrogen) atoms. The van der Waals surface area contributed by atoms with E-state index in [1.165, 1.54) is 6.07 Å². The highest BCUT2D eigenvalue weighted by molar-refractivity contribution is 5.27. The molecule has 1 N–H and O–H groups in total. The Balaban J connectivity index is 1.56. The van der Waals surface area contributed by atoms with E-state index in [1.54, 1.807) is 18.3 Å². The van der Waals surface area contributed by atoms with Crippen LogP contribution < -0.4 is 0 Å². The maximum absolute atomic E-state index is 13.6. The zero-order valence-electron chi connectivity index (χ0n) is 12.6. The minimum absolute atomic E-state index is 0.190. The maximum Gasteiger partial charge on any atom is 0.126 e. The first-order chi connectivity index (χ1) is 11.3. The van der Waals surface area contributed by atoms with Gasteiger partial charge in [0.05, 0.1) is 5.69 Å². The van der Waals surface area contributed by atoms with Gasteiger partial charge < -0.3 is 0 Å².